The molecule has 0 bridgehead atoms. The van der Waals surface area contributed by atoms with Gasteiger partial charge in [-0.05, 0) is 18.9 Å². The standard InChI is InChI=1S/C11H14O4S2/c1-15-11(12)8-6-10(16-7-8)17(13,14)9-4-2-3-5-9/h6-7,9H,2-5H2,1H3. The van der Waals surface area contributed by atoms with Crippen LogP contribution in [0.15, 0.2) is 15.7 Å². The zero-order valence-corrected chi connectivity index (χ0v) is 11.1. The highest BCUT2D eigenvalue weighted by Crippen LogP contribution is 2.32. The third-order valence-electron chi connectivity index (χ3n) is 3.02. The lowest BCUT2D eigenvalue weighted by Gasteiger charge is -2.08. The summed E-state index contributed by atoms with van der Waals surface area (Å²) in [5, 5.41) is 1.26. The summed E-state index contributed by atoms with van der Waals surface area (Å²) < 4.78 is 29.3. The fourth-order valence-corrected chi connectivity index (χ4v) is 5.32. The van der Waals surface area contributed by atoms with Crippen molar-refractivity contribution in [1.29, 1.82) is 0 Å². The first kappa shape index (κ1) is 12.6. The largest absolute Gasteiger partial charge is 0.465 e. The van der Waals surface area contributed by atoms with E-state index in [-0.39, 0.29) is 9.46 Å². The minimum Gasteiger partial charge on any atom is -0.465 e. The predicted octanol–water partition coefficient (Wildman–Crippen LogP) is 2.25. The van der Waals surface area contributed by atoms with Gasteiger partial charge in [-0.1, -0.05) is 12.8 Å². The van der Waals surface area contributed by atoms with Gasteiger partial charge in [0.25, 0.3) is 0 Å². The maximum Gasteiger partial charge on any atom is 0.338 e. The van der Waals surface area contributed by atoms with E-state index < -0.39 is 15.8 Å². The van der Waals surface area contributed by atoms with Crippen LogP contribution in [0.25, 0.3) is 0 Å². The van der Waals surface area contributed by atoms with Crippen LogP contribution in [0.3, 0.4) is 0 Å². The van der Waals surface area contributed by atoms with E-state index >= 15 is 0 Å². The summed E-state index contributed by atoms with van der Waals surface area (Å²) in [7, 11) is -1.97. The molecule has 0 saturated heterocycles. The highest BCUT2D eigenvalue weighted by atomic mass is 32.2. The van der Waals surface area contributed by atoms with Gasteiger partial charge in [0.2, 0.25) is 0 Å². The fourth-order valence-electron chi connectivity index (χ4n) is 2.05. The lowest BCUT2D eigenvalue weighted by Crippen LogP contribution is -2.16. The third-order valence-corrected chi connectivity index (χ3v) is 6.75. The molecule has 0 aliphatic heterocycles. The van der Waals surface area contributed by atoms with E-state index in [9.17, 15) is 13.2 Å². The highest BCUT2D eigenvalue weighted by molar-refractivity contribution is 7.94. The molecule has 0 radical (unpaired) electrons. The van der Waals surface area contributed by atoms with Gasteiger partial charge in [0.15, 0.2) is 9.84 Å². The van der Waals surface area contributed by atoms with E-state index in [0.717, 1.165) is 37.0 Å². The molecule has 1 saturated carbocycles. The minimum atomic E-state index is -3.25. The second-order valence-corrected chi connectivity index (χ2v) is 7.46. The van der Waals surface area contributed by atoms with E-state index in [1.54, 1.807) is 0 Å². The summed E-state index contributed by atoms with van der Waals surface area (Å²) in [4.78, 5) is 11.3. The molecule has 0 atom stereocenters. The number of methoxy groups -OCH3 is 1. The van der Waals surface area contributed by atoms with Crippen molar-refractivity contribution >= 4 is 27.1 Å². The Bertz CT molecular complexity index is 509. The van der Waals surface area contributed by atoms with E-state index in [4.69, 9.17) is 0 Å². The van der Waals surface area contributed by atoms with Gasteiger partial charge in [-0.2, -0.15) is 0 Å². The number of ether oxygens (including phenoxy) is 1. The molecule has 1 aromatic rings. The molecule has 4 nitrogen and oxygen atoms in total. The van der Waals surface area contributed by atoms with Crippen LogP contribution in [0.2, 0.25) is 0 Å². The van der Waals surface area contributed by atoms with Crippen LogP contribution in [-0.2, 0) is 14.6 Å². The fraction of sp³-hybridized carbons (Fsp3) is 0.545. The zero-order chi connectivity index (χ0) is 12.5. The molecule has 1 fully saturated rings. The number of hydrogen-bond donors (Lipinski definition) is 0. The van der Waals surface area contributed by atoms with Gasteiger partial charge in [-0.15, -0.1) is 11.3 Å². The van der Waals surface area contributed by atoms with Gasteiger partial charge in [0, 0.05) is 5.38 Å². The Balaban J connectivity index is 2.27. The normalized spacial score (nSPS) is 17.2. The van der Waals surface area contributed by atoms with Crippen molar-refractivity contribution in [2.24, 2.45) is 0 Å². The maximum absolute atomic E-state index is 12.2. The Kier molecular flexibility index (Phi) is 3.53. The van der Waals surface area contributed by atoms with Crippen molar-refractivity contribution in [2.45, 2.75) is 35.1 Å². The Morgan fingerprint density at radius 1 is 1.41 bits per heavy atom. The molecule has 1 aliphatic rings. The van der Waals surface area contributed by atoms with Crippen LogP contribution in [0.4, 0.5) is 0 Å². The van der Waals surface area contributed by atoms with E-state index in [1.165, 1.54) is 18.6 Å². The smallest absolute Gasteiger partial charge is 0.338 e. The van der Waals surface area contributed by atoms with Gasteiger partial charge < -0.3 is 4.74 Å². The Labute approximate surface area is 105 Å². The molecule has 17 heavy (non-hydrogen) atoms. The topological polar surface area (TPSA) is 60.4 Å². The SMILES string of the molecule is COC(=O)c1csc(S(=O)(=O)C2CCCC2)c1. The summed E-state index contributed by atoms with van der Waals surface area (Å²) >= 11 is 1.10. The number of esters is 1. The first-order valence-electron chi connectivity index (χ1n) is 5.46. The van der Waals surface area contributed by atoms with Crippen LogP contribution < -0.4 is 0 Å². The molecular formula is C11H14O4S2. The molecule has 1 aliphatic carbocycles. The molecule has 6 heteroatoms. The molecule has 1 heterocycles. The van der Waals surface area contributed by atoms with Crippen molar-refractivity contribution < 1.29 is 17.9 Å². The molecule has 2 rings (SSSR count). The molecule has 0 unspecified atom stereocenters. The van der Waals surface area contributed by atoms with Gasteiger partial charge >= 0.3 is 5.97 Å². The zero-order valence-electron chi connectivity index (χ0n) is 9.51. The average Bonchev–Trinajstić information content (AvgIpc) is 2.98. The van der Waals surface area contributed by atoms with Crippen LogP contribution >= 0.6 is 11.3 Å². The molecule has 0 spiro atoms. The van der Waals surface area contributed by atoms with E-state index in [2.05, 4.69) is 4.74 Å². The van der Waals surface area contributed by atoms with E-state index in [0.29, 0.717) is 5.56 Å². The first-order chi connectivity index (χ1) is 8.05. The lowest BCUT2D eigenvalue weighted by atomic mass is 10.3. The summed E-state index contributed by atoms with van der Waals surface area (Å²) in [5.41, 5.74) is 0.314. The Morgan fingerprint density at radius 2 is 2.06 bits per heavy atom. The van der Waals surface area contributed by atoms with Crippen molar-refractivity contribution in [3.05, 3.63) is 17.0 Å². The van der Waals surface area contributed by atoms with Crippen LogP contribution in [0.5, 0.6) is 0 Å². The van der Waals surface area contributed by atoms with Gasteiger partial charge in [0.1, 0.15) is 4.21 Å². The van der Waals surface area contributed by atoms with Crippen LogP contribution in [0.1, 0.15) is 36.0 Å². The highest BCUT2D eigenvalue weighted by Gasteiger charge is 2.31. The van der Waals surface area contributed by atoms with E-state index in [1.807, 2.05) is 0 Å². The van der Waals surface area contributed by atoms with Crippen LogP contribution in [-0.4, -0.2) is 26.7 Å². The predicted molar refractivity (Wildman–Crippen MR) is 65.1 cm³/mol. The van der Waals surface area contributed by atoms with Gasteiger partial charge in [-0.25, -0.2) is 13.2 Å². The monoisotopic (exact) mass is 274 g/mol. The van der Waals surface area contributed by atoms with Crippen molar-refractivity contribution in [1.82, 2.24) is 0 Å². The van der Waals surface area contributed by atoms with Crippen molar-refractivity contribution in [3.63, 3.8) is 0 Å². The first-order valence-corrected chi connectivity index (χ1v) is 7.89. The molecular weight excluding hydrogens is 260 g/mol. The maximum atomic E-state index is 12.2. The molecule has 1 aromatic heterocycles. The second kappa shape index (κ2) is 4.78. The summed E-state index contributed by atoms with van der Waals surface area (Å²) in [5.74, 6) is -0.492. The summed E-state index contributed by atoms with van der Waals surface area (Å²) in [6.07, 6.45) is 3.40. The summed E-state index contributed by atoms with van der Waals surface area (Å²) in [6.45, 7) is 0. The van der Waals surface area contributed by atoms with Crippen LogP contribution in [0, 0.1) is 0 Å². The molecule has 0 aromatic carbocycles. The lowest BCUT2D eigenvalue weighted by molar-refractivity contribution is 0.0601. The number of carbonyl (C=O) groups excluding carboxylic acids is 1. The number of sulfone groups is 1. The number of carbonyl (C=O) groups is 1. The molecule has 0 amide bonds. The Morgan fingerprint density at radius 3 is 2.65 bits per heavy atom. The average molecular weight is 274 g/mol. The third kappa shape index (κ3) is 2.37. The minimum absolute atomic E-state index is 0.272. The van der Waals surface area contributed by atoms with Crippen molar-refractivity contribution in [2.75, 3.05) is 7.11 Å². The molecule has 0 N–H and O–H groups in total. The second-order valence-electron chi connectivity index (χ2n) is 4.10. The number of thiophene rings is 1. The number of hydrogen-bond acceptors (Lipinski definition) is 5. The quantitative estimate of drug-likeness (QED) is 0.793. The van der Waals surface area contributed by atoms with Gasteiger partial charge in [-0.3, -0.25) is 0 Å². The van der Waals surface area contributed by atoms with Crippen molar-refractivity contribution in [3.8, 4) is 0 Å². The Hall–Kier alpha value is -0.880. The number of rotatable bonds is 3. The van der Waals surface area contributed by atoms with Gasteiger partial charge in [0.05, 0.1) is 17.9 Å². The summed E-state index contributed by atoms with van der Waals surface area (Å²) in [6, 6.07) is 1.42. The molecule has 94 valence electrons.